The number of carboxylic acids is 1. The Labute approximate surface area is 132 Å². The zero-order valence-corrected chi connectivity index (χ0v) is 13.3. The summed E-state index contributed by atoms with van der Waals surface area (Å²) in [5, 5.41) is 12.8. The predicted molar refractivity (Wildman–Crippen MR) is 82.2 cm³/mol. The molecule has 1 aromatic rings. The topological polar surface area (TPSA) is 69.6 Å². The molecule has 0 aromatic heterocycles. The van der Waals surface area contributed by atoms with Gasteiger partial charge in [-0.05, 0) is 38.0 Å². The molecule has 2 N–H and O–H groups in total. The maximum absolute atomic E-state index is 12.2. The van der Waals surface area contributed by atoms with Crippen LogP contribution in [0.15, 0.2) is 12.1 Å². The maximum atomic E-state index is 12.2. The predicted octanol–water partition coefficient (Wildman–Crippen LogP) is 3.63. The molecule has 0 aliphatic carbocycles. The summed E-state index contributed by atoms with van der Waals surface area (Å²) in [6, 6.07) is 2.89. The first kappa shape index (κ1) is 15.9. The number of rotatable bonds is 2. The Morgan fingerprint density at radius 3 is 2.57 bits per heavy atom. The number of hydrogen-bond donors (Lipinski definition) is 2. The van der Waals surface area contributed by atoms with Gasteiger partial charge in [-0.2, -0.15) is 0 Å². The van der Waals surface area contributed by atoms with E-state index in [1.54, 1.807) is 19.1 Å². The summed E-state index contributed by atoms with van der Waals surface area (Å²) in [4.78, 5) is 24.9. The monoisotopic (exact) mass is 330 g/mol. The van der Waals surface area contributed by atoms with Crippen molar-refractivity contribution < 1.29 is 14.7 Å². The third-order valence-electron chi connectivity index (χ3n) is 3.77. The molecule has 1 saturated heterocycles. The molecule has 2 rings (SSSR count). The molecule has 5 nitrogen and oxygen atoms in total. The third-order valence-corrected chi connectivity index (χ3v) is 4.49. The van der Waals surface area contributed by atoms with Crippen molar-refractivity contribution in [2.45, 2.75) is 20.3 Å². The van der Waals surface area contributed by atoms with Crippen LogP contribution in [0.3, 0.4) is 0 Å². The maximum Gasteiger partial charge on any atom is 0.321 e. The Hall–Kier alpha value is -1.46. The molecule has 21 heavy (non-hydrogen) atoms. The van der Waals surface area contributed by atoms with Gasteiger partial charge < -0.3 is 15.3 Å². The lowest BCUT2D eigenvalue weighted by atomic mass is 9.90. The molecule has 0 spiro atoms. The summed E-state index contributed by atoms with van der Waals surface area (Å²) in [5.41, 5.74) is 0.340. The molecule has 114 valence electrons. The van der Waals surface area contributed by atoms with Crippen LogP contribution in [-0.4, -0.2) is 35.1 Å². The van der Waals surface area contributed by atoms with E-state index in [1.165, 1.54) is 4.90 Å². The van der Waals surface area contributed by atoms with Crippen molar-refractivity contribution in [1.82, 2.24) is 4.90 Å². The van der Waals surface area contributed by atoms with E-state index >= 15 is 0 Å². The number of anilines is 1. The van der Waals surface area contributed by atoms with E-state index in [9.17, 15) is 14.7 Å². The molecular weight excluding hydrogens is 315 g/mol. The van der Waals surface area contributed by atoms with Crippen LogP contribution in [0, 0.1) is 12.3 Å². The first-order valence-electron chi connectivity index (χ1n) is 6.48. The number of likely N-dealkylation sites (tertiary alicyclic amines) is 1. The number of nitrogens with one attached hydrogen (secondary N) is 1. The summed E-state index contributed by atoms with van der Waals surface area (Å²) in [6.45, 7) is 4.02. The van der Waals surface area contributed by atoms with Crippen LogP contribution in [0.5, 0.6) is 0 Å². The van der Waals surface area contributed by atoms with Gasteiger partial charge in [-0.3, -0.25) is 4.79 Å². The summed E-state index contributed by atoms with van der Waals surface area (Å²) in [7, 11) is 0. The minimum absolute atomic E-state index is 0.172. The Morgan fingerprint density at radius 1 is 1.33 bits per heavy atom. The lowest BCUT2D eigenvalue weighted by molar-refractivity contribution is -0.146. The fourth-order valence-corrected chi connectivity index (χ4v) is 2.67. The molecule has 1 aromatic carbocycles. The second-order valence-electron chi connectivity index (χ2n) is 5.55. The number of benzene rings is 1. The molecule has 0 radical (unpaired) electrons. The Bertz CT molecular complexity index is 606. The van der Waals surface area contributed by atoms with E-state index in [0.717, 1.165) is 5.56 Å². The Morgan fingerprint density at radius 2 is 2.00 bits per heavy atom. The molecule has 0 bridgehead atoms. The van der Waals surface area contributed by atoms with Crippen molar-refractivity contribution in [3.05, 3.63) is 27.7 Å². The normalized spacial score (nSPS) is 21.4. The molecule has 1 aliphatic rings. The minimum atomic E-state index is -0.897. The molecule has 1 atom stereocenters. The van der Waals surface area contributed by atoms with E-state index in [1.807, 2.05) is 6.92 Å². The van der Waals surface area contributed by atoms with E-state index in [4.69, 9.17) is 23.2 Å². The number of carbonyl (C=O) groups excluding carboxylic acids is 1. The van der Waals surface area contributed by atoms with E-state index in [2.05, 4.69) is 5.32 Å². The number of carboxylic acid groups (broad SMARTS) is 1. The quantitative estimate of drug-likeness (QED) is 0.869. The van der Waals surface area contributed by atoms with Gasteiger partial charge in [-0.25, -0.2) is 4.79 Å². The number of aryl methyl sites for hydroxylation is 1. The lowest BCUT2D eigenvalue weighted by Gasteiger charge is -2.21. The first-order chi connectivity index (χ1) is 9.73. The molecule has 1 unspecified atom stereocenters. The molecule has 1 aliphatic heterocycles. The highest BCUT2D eigenvalue weighted by molar-refractivity contribution is 6.36. The highest BCUT2D eigenvalue weighted by atomic mass is 35.5. The summed E-state index contributed by atoms with van der Waals surface area (Å²) in [5.74, 6) is -0.894. The minimum Gasteiger partial charge on any atom is -0.481 e. The highest BCUT2D eigenvalue weighted by Gasteiger charge is 2.42. The molecule has 2 amide bonds. The highest BCUT2D eigenvalue weighted by Crippen LogP contribution is 2.32. The van der Waals surface area contributed by atoms with Gasteiger partial charge in [0.15, 0.2) is 0 Å². The number of nitrogens with zero attached hydrogens (tertiary/aromatic N) is 1. The van der Waals surface area contributed by atoms with Crippen LogP contribution in [0.2, 0.25) is 10.0 Å². The van der Waals surface area contributed by atoms with Gasteiger partial charge in [-0.1, -0.05) is 23.2 Å². The largest absolute Gasteiger partial charge is 0.481 e. The number of amides is 2. The van der Waals surface area contributed by atoms with Gasteiger partial charge in [0.2, 0.25) is 0 Å². The third kappa shape index (κ3) is 3.24. The fourth-order valence-electron chi connectivity index (χ4n) is 2.25. The van der Waals surface area contributed by atoms with Crippen LogP contribution in [0.1, 0.15) is 18.9 Å². The van der Waals surface area contributed by atoms with Gasteiger partial charge in [0.25, 0.3) is 0 Å². The molecule has 0 saturated carbocycles. The van der Waals surface area contributed by atoms with Crippen LogP contribution in [0.25, 0.3) is 0 Å². The smallest absolute Gasteiger partial charge is 0.321 e. The van der Waals surface area contributed by atoms with Gasteiger partial charge in [-0.15, -0.1) is 0 Å². The van der Waals surface area contributed by atoms with Crippen molar-refractivity contribution >= 4 is 40.9 Å². The van der Waals surface area contributed by atoms with Crippen molar-refractivity contribution in [2.24, 2.45) is 5.41 Å². The van der Waals surface area contributed by atoms with Gasteiger partial charge in [0.1, 0.15) is 0 Å². The standard InChI is InChI=1S/C14H16Cl2N2O3/c1-8-5-10(16)11(6-9(8)15)17-13(21)18-4-3-14(2,7-18)12(19)20/h5-6H,3-4,7H2,1-2H3,(H,17,21)(H,19,20). The number of halogens is 2. The second-order valence-corrected chi connectivity index (χ2v) is 6.36. The van der Waals surface area contributed by atoms with Crippen molar-refractivity contribution in [1.29, 1.82) is 0 Å². The van der Waals surface area contributed by atoms with Crippen molar-refractivity contribution in [3.63, 3.8) is 0 Å². The van der Waals surface area contributed by atoms with Crippen LogP contribution in [0.4, 0.5) is 10.5 Å². The summed E-state index contributed by atoms with van der Waals surface area (Å²) < 4.78 is 0. The fraction of sp³-hybridized carbons (Fsp3) is 0.429. The zero-order valence-electron chi connectivity index (χ0n) is 11.7. The van der Waals surface area contributed by atoms with E-state index in [0.29, 0.717) is 28.7 Å². The van der Waals surface area contributed by atoms with Gasteiger partial charge in [0, 0.05) is 18.1 Å². The number of hydrogen-bond acceptors (Lipinski definition) is 2. The first-order valence-corrected chi connectivity index (χ1v) is 7.23. The van der Waals surface area contributed by atoms with Crippen molar-refractivity contribution in [2.75, 3.05) is 18.4 Å². The number of aliphatic carboxylic acids is 1. The number of urea groups is 1. The molecule has 1 heterocycles. The Balaban J connectivity index is 2.10. The average molecular weight is 331 g/mol. The van der Waals surface area contributed by atoms with E-state index in [-0.39, 0.29) is 12.6 Å². The van der Waals surface area contributed by atoms with Gasteiger partial charge >= 0.3 is 12.0 Å². The molecule has 1 fully saturated rings. The summed E-state index contributed by atoms with van der Waals surface area (Å²) in [6.07, 6.45) is 0.429. The van der Waals surface area contributed by atoms with Crippen LogP contribution in [-0.2, 0) is 4.79 Å². The van der Waals surface area contributed by atoms with Crippen LogP contribution < -0.4 is 5.32 Å². The lowest BCUT2D eigenvalue weighted by Crippen LogP contribution is -2.37. The Kier molecular flexibility index (Phi) is 4.35. The molecular formula is C14H16Cl2N2O3. The zero-order chi connectivity index (χ0) is 15.8. The second kappa shape index (κ2) is 5.73. The van der Waals surface area contributed by atoms with E-state index < -0.39 is 11.4 Å². The number of carbonyl (C=O) groups is 2. The molecule has 7 heteroatoms. The van der Waals surface area contributed by atoms with Crippen molar-refractivity contribution in [3.8, 4) is 0 Å². The van der Waals surface area contributed by atoms with Crippen LogP contribution >= 0.6 is 23.2 Å². The summed E-state index contributed by atoms with van der Waals surface area (Å²) >= 11 is 12.1. The SMILES string of the molecule is Cc1cc(Cl)c(NC(=O)N2CCC(C)(C(=O)O)C2)cc1Cl. The van der Waals surface area contributed by atoms with Gasteiger partial charge in [0.05, 0.1) is 16.1 Å². The average Bonchev–Trinajstić information content (AvgIpc) is 2.80.